The monoisotopic (exact) mass is 366 g/mol. The van der Waals surface area contributed by atoms with Crippen LogP contribution in [-0.4, -0.2) is 54.4 Å². The topological polar surface area (TPSA) is 78.1 Å². The molecule has 8 nitrogen and oxygen atoms in total. The highest BCUT2D eigenvalue weighted by molar-refractivity contribution is 5.90. The molecule has 3 aromatic rings. The maximum Gasteiger partial charge on any atom is 0.294 e. The summed E-state index contributed by atoms with van der Waals surface area (Å²) in [7, 11) is 1.76. The van der Waals surface area contributed by atoms with E-state index >= 15 is 0 Å². The largest absolute Gasteiger partial charge is 0.381 e. The molecule has 2 aromatic heterocycles. The number of rotatable bonds is 5. The Hall–Kier alpha value is -3.00. The summed E-state index contributed by atoms with van der Waals surface area (Å²) in [6, 6.07) is 8.24. The van der Waals surface area contributed by atoms with Gasteiger partial charge in [-0.2, -0.15) is 0 Å². The molecule has 0 spiro atoms. The number of carbonyl (C=O) groups is 1. The normalized spacial score (nSPS) is 15.0. The average Bonchev–Trinajstić information content (AvgIpc) is 3.38. The predicted octanol–water partition coefficient (Wildman–Crippen LogP) is 1.82. The Morgan fingerprint density at radius 2 is 2.15 bits per heavy atom. The van der Waals surface area contributed by atoms with Crippen LogP contribution < -0.4 is 0 Å². The van der Waals surface area contributed by atoms with Gasteiger partial charge in [-0.25, -0.2) is 9.97 Å². The van der Waals surface area contributed by atoms with E-state index in [0.29, 0.717) is 19.8 Å². The first-order chi connectivity index (χ1) is 13.2. The molecule has 140 valence electrons. The fraction of sp³-hybridized carbons (Fsp3) is 0.368. The number of benzene rings is 1. The molecule has 1 aliphatic heterocycles. The number of ether oxygens (including phenoxy) is 1. The van der Waals surface area contributed by atoms with Crippen LogP contribution >= 0.6 is 0 Å². The highest BCUT2D eigenvalue weighted by Crippen LogP contribution is 2.21. The minimum Gasteiger partial charge on any atom is -0.381 e. The van der Waals surface area contributed by atoms with Crippen molar-refractivity contribution in [1.82, 2.24) is 29.2 Å². The molecule has 1 fully saturated rings. The summed E-state index contributed by atoms with van der Waals surface area (Å²) in [6.45, 7) is 1.84. The third-order valence-electron chi connectivity index (χ3n) is 4.75. The van der Waals surface area contributed by atoms with E-state index in [9.17, 15) is 4.79 Å². The average molecular weight is 366 g/mol. The number of hydrogen-bond donors (Lipinski definition) is 0. The number of carbonyl (C=O) groups excluding carboxylic acids is 1. The second kappa shape index (κ2) is 7.71. The van der Waals surface area contributed by atoms with Gasteiger partial charge in [0, 0.05) is 50.9 Å². The minimum absolute atomic E-state index is 0.118. The maximum absolute atomic E-state index is 13.1. The molecular weight excluding hydrogens is 344 g/mol. The van der Waals surface area contributed by atoms with Crippen molar-refractivity contribution >= 4 is 5.91 Å². The van der Waals surface area contributed by atoms with Crippen LogP contribution in [0.15, 0.2) is 49.3 Å². The Kier molecular flexibility index (Phi) is 4.97. The van der Waals surface area contributed by atoms with Gasteiger partial charge in [-0.3, -0.25) is 9.48 Å². The Morgan fingerprint density at radius 1 is 1.30 bits per heavy atom. The van der Waals surface area contributed by atoms with Crippen LogP contribution in [0.5, 0.6) is 0 Å². The first-order valence-electron chi connectivity index (χ1n) is 9.02. The van der Waals surface area contributed by atoms with E-state index in [-0.39, 0.29) is 17.8 Å². The van der Waals surface area contributed by atoms with Gasteiger partial charge in [-0.05, 0) is 30.5 Å². The summed E-state index contributed by atoms with van der Waals surface area (Å²) in [5.74, 6) is 0.0882. The zero-order valence-corrected chi connectivity index (χ0v) is 15.2. The van der Waals surface area contributed by atoms with E-state index < -0.39 is 0 Å². The van der Waals surface area contributed by atoms with E-state index in [1.807, 2.05) is 33.9 Å². The molecule has 0 N–H and O–H groups in total. The van der Waals surface area contributed by atoms with E-state index in [1.165, 1.54) is 0 Å². The summed E-state index contributed by atoms with van der Waals surface area (Å²) in [4.78, 5) is 23.2. The lowest BCUT2D eigenvalue weighted by Gasteiger charge is -2.33. The summed E-state index contributed by atoms with van der Waals surface area (Å²) in [6.07, 6.45) is 8.60. The first-order valence-corrected chi connectivity index (χ1v) is 9.02. The number of aromatic nitrogens is 5. The van der Waals surface area contributed by atoms with Crippen molar-refractivity contribution in [2.45, 2.75) is 25.4 Å². The van der Waals surface area contributed by atoms with Crippen LogP contribution in [0.3, 0.4) is 0 Å². The molecule has 0 radical (unpaired) electrons. The first kappa shape index (κ1) is 17.4. The number of nitrogens with zero attached hydrogens (tertiary/aromatic N) is 6. The highest BCUT2D eigenvalue weighted by Gasteiger charge is 2.29. The lowest BCUT2D eigenvalue weighted by Crippen LogP contribution is -2.43. The molecule has 1 saturated heterocycles. The van der Waals surface area contributed by atoms with Crippen LogP contribution in [0.1, 0.15) is 29.0 Å². The van der Waals surface area contributed by atoms with E-state index in [4.69, 9.17) is 4.74 Å². The van der Waals surface area contributed by atoms with Gasteiger partial charge in [0.2, 0.25) is 5.82 Å². The molecule has 1 aromatic carbocycles. The van der Waals surface area contributed by atoms with Gasteiger partial charge in [0.05, 0.1) is 6.33 Å². The molecule has 3 heterocycles. The van der Waals surface area contributed by atoms with Gasteiger partial charge < -0.3 is 14.2 Å². The van der Waals surface area contributed by atoms with Gasteiger partial charge >= 0.3 is 0 Å². The zero-order chi connectivity index (χ0) is 18.6. The molecule has 4 rings (SSSR count). The number of imidazole rings is 1. The fourth-order valence-corrected chi connectivity index (χ4v) is 3.35. The van der Waals surface area contributed by atoms with Crippen molar-refractivity contribution in [3.8, 4) is 5.69 Å². The molecule has 8 heteroatoms. The van der Waals surface area contributed by atoms with Crippen molar-refractivity contribution in [3.63, 3.8) is 0 Å². The van der Waals surface area contributed by atoms with Crippen molar-refractivity contribution in [2.75, 3.05) is 13.2 Å². The van der Waals surface area contributed by atoms with Crippen molar-refractivity contribution in [1.29, 1.82) is 0 Å². The van der Waals surface area contributed by atoms with Crippen LogP contribution in [-0.2, 0) is 18.3 Å². The Bertz CT molecular complexity index is 899. The SMILES string of the molecule is Cn1cnc(C(=O)N(Cc2cccc(-n3ccnc3)c2)C2CCOCC2)n1. The second-order valence-corrected chi connectivity index (χ2v) is 6.66. The second-order valence-electron chi connectivity index (χ2n) is 6.66. The van der Waals surface area contributed by atoms with Gasteiger partial charge in [-0.15, -0.1) is 5.10 Å². The Balaban J connectivity index is 1.61. The van der Waals surface area contributed by atoms with E-state index in [1.54, 1.807) is 30.6 Å². The third kappa shape index (κ3) is 3.90. The predicted molar refractivity (Wildman–Crippen MR) is 98.3 cm³/mol. The Morgan fingerprint density at radius 3 is 2.85 bits per heavy atom. The molecular formula is C19H22N6O2. The number of hydrogen-bond acceptors (Lipinski definition) is 5. The molecule has 0 saturated carbocycles. The van der Waals surface area contributed by atoms with Gasteiger partial charge in [0.25, 0.3) is 5.91 Å². The fourth-order valence-electron chi connectivity index (χ4n) is 3.35. The summed E-state index contributed by atoms with van der Waals surface area (Å²) in [5, 5.41) is 4.20. The molecule has 27 heavy (non-hydrogen) atoms. The summed E-state index contributed by atoms with van der Waals surface area (Å²) in [5.41, 5.74) is 2.07. The van der Waals surface area contributed by atoms with E-state index in [2.05, 4.69) is 21.1 Å². The molecule has 1 aliphatic rings. The smallest absolute Gasteiger partial charge is 0.294 e. The third-order valence-corrected chi connectivity index (χ3v) is 4.75. The lowest BCUT2D eigenvalue weighted by atomic mass is 10.1. The van der Waals surface area contributed by atoms with E-state index in [0.717, 1.165) is 24.1 Å². The van der Waals surface area contributed by atoms with Crippen molar-refractivity contribution in [2.24, 2.45) is 7.05 Å². The molecule has 0 atom stereocenters. The lowest BCUT2D eigenvalue weighted by molar-refractivity contribution is 0.0260. The zero-order valence-electron chi connectivity index (χ0n) is 15.2. The molecule has 0 unspecified atom stereocenters. The molecule has 0 aliphatic carbocycles. The van der Waals surface area contributed by atoms with Crippen LogP contribution in [0.2, 0.25) is 0 Å². The van der Waals surface area contributed by atoms with Gasteiger partial charge in [-0.1, -0.05) is 12.1 Å². The standard InChI is InChI=1S/C19H22N6O2/c1-23-14-21-18(22-23)19(26)25(16-5-9-27-10-6-16)12-15-3-2-4-17(11-15)24-8-7-20-13-24/h2-4,7-8,11,13-14,16H,5-6,9-10,12H2,1H3. The maximum atomic E-state index is 13.1. The van der Waals surface area contributed by atoms with Crippen LogP contribution in [0.4, 0.5) is 0 Å². The Labute approximate surface area is 157 Å². The minimum atomic E-state index is -0.143. The quantitative estimate of drug-likeness (QED) is 0.688. The van der Waals surface area contributed by atoms with Gasteiger partial charge in [0.1, 0.15) is 6.33 Å². The number of aryl methyl sites for hydroxylation is 1. The number of amides is 1. The van der Waals surface area contributed by atoms with Crippen molar-refractivity contribution in [3.05, 3.63) is 60.7 Å². The van der Waals surface area contributed by atoms with Crippen molar-refractivity contribution < 1.29 is 9.53 Å². The highest BCUT2D eigenvalue weighted by atomic mass is 16.5. The summed E-state index contributed by atoms with van der Waals surface area (Å²) >= 11 is 0. The molecule has 0 bridgehead atoms. The van der Waals surface area contributed by atoms with Crippen LogP contribution in [0, 0.1) is 0 Å². The summed E-state index contributed by atoms with van der Waals surface area (Å²) < 4.78 is 8.97. The van der Waals surface area contributed by atoms with Gasteiger partial charge in [0.15, 0.2) is 0 Å². The molecule has 1 amide bonds. The van der Waals surface area contributed by atoms with Crippen LogP contribution in [0.25, 0.3) is 5.69 Å².